The number of aryl methyl sites for hydroxylation is 1. The Labute approximate surface area is 189 Å². The van der Waals surface area contributed by atoms with Gasteiger partial charge in [0.05, 0.1) is 5.69 Å². The minimum absolute atomic E-state index is 0.0316. The third kappa shape index (κ3) is 3.80. The number of anilines is 1. The highest BCUT2D eigenvalue weighted by Gasteiger charge is 2.34. The van der Waals surface area contributed by atoms with Gasteiger partial charge in [0.25, 0.3) is 11.8 Å². The first kappa shape index (κ1) is 21.5. The normalized spacial score (nSPS) is 16.5. The van der Waals surface area contributed by atoms with E-state index in [1.807, 2.05) is 19.1 Å². The lowest BCUT2D eigenvalue weighted by Gasteiger charge is -2.29. The van der Waals surface area contributed by atoms with Gasteiger partial charge >= 0.3 is 5.97 Å². The third-order valence-electron chi connectivity index (χ3n) is 5.53. The van der Waals surface area contributed by atoms with Gasteiger partial charge in [-0.15, -0.1) is 0 Å². The van der Waals surface area contributed by atoms with E-state index in [0.29, 0.717) is 11.3 Å². The first-order chi connectivity index (χ1) is 15.3. The number of fused-ring (bicyclic) bond motifs is 1. The second-order valence-corrected chi connectivity index (χ2v) is 7.92. The van der Waals surface area contributed by atoms with Gasteiger partial charge < -0.3 is 9.67 Å². The fourth-order valence-corrected chi connectivity index (χ4v) is 3.95. The Balaban J connectivity index is 1.69. The molecule has 2 N–H and O–H groups in total. The number of rotatable bonds is 5. The summed E-state index contributed by atoms with van der Waals surface area (Å²) in [4.78, 5) is 38.4. The fraction of sp³-hybridized carbons (Fsp3) is 0.167. The van der Waals surface area contributed by atoms with Gasteiger partial charge in [-0.2, -0.15) is 0 Å². The molecule has 1 atom stereocenters. The van der Waals surface area contributed by atoms with Crippen molar-refractivity contribution in [1.82, 2.24) is 9.88 Å². The van der Waals surface area contributed by atoms with E-state index in [4.69, 9.17) is 12.2 Å². The lowest BCUT2D eigenvalue weighted by Crippen LogP contribution is -2.54. The van der Waals surface area contributed by atoms with Crippen LogP contribution in [0.4, 0.5) is 5.69 Å². The number of amides is 2. The van der Waals surface area contributed by atoms with Crippen molar-refractivity contribution in [2.45, 2.75) is 26.3 Å². The molecule has 0 spiro atoms. The predicted molar refractivity (Wildman–Crippen MR) is 126 cm³/mol. The summed E-state index contributed by atoms with van der Waals surface area (Å²) in [5.74, 6) is -1.99. The zero-order chi connectivity index (χ0) is 23.0. The number of carbonyl (C=O) groups is 3. The summed E-state index contributed by atoms with van der Waals surface area (Å²) < 4.78 is 1.66. The Kier molecular flexibility index (Phi) is 5.63. The molecule has 0 bridgehead atoms. The van der Waals surface area contributed by atoms with Gasteiger partial charge in [-0.3, -0.25) is 19.8 Å². The molecule has 0 unspecified atom stereocenters. The van der Waals surface area contributed by atoms with Crippen LogP contribution in [-0.4, -0.2) is 32.6 Å². The fourth-order valence-electron chi connectivity index (χ4n) is 3.67. The first-order valence-corrected chi connectivity index (χ1v) is 10.5. The number of nitrogens with zero attached hydrogens (tertiary/aromatic N) is 2. The summed E-state index contributed by atoms with van der Waals surface area (Å²) in [6, 6.07) is 13.9. The summed E-state index contributed by atoms with van der Waals surface area (Å²) in [6.45, 7) is 3.65. The van der Waals surface area contributed by atoms with Crippen LogP contribution in [0.3, 0.4) is 0 Å². The summed E-state index contributed by atoms with van der Waals surface area (Å²) in [5.41, 5.74) is 3.07. The van der Waals surface area contributed by atoms with Crippen LogP contribution in [-0.2, 0) is 20.8 Å². The van der Waals surface area contributed by atoms with E-state index >= 15 is 0 Å². The van der Waals surface area contributed by atoms with E-state index < -0.39 is 23.8 Å². The zero-order valence-corrected chi connectivity index (χ0v) is 18.3. The molecule has 7 nitrogen and oxygen atoms in total. The molecule has 1 fully saturated rings. The molecule has 2 amide bonds. The van der Waals surface area contributed by atoms with Crippen molar-refractivity contribution in [2.75, 3.05) is 4.90 Å². The largest absolute Gasteiger partial charge is 0.480 e. The van der Waals surface area contributed by atoms with E-state index in [0.717, 1.165) is 22.9 Å². The maximum Gasteiger partial charge on any atom is 0.326 e. The Morgan fingerprint density at radius 2 is 1.88 bits per heavy atom. The maximum atomic E-state index is 13.2. The van der Waals surface area contributed by atoms with Gasteiger partial charge in [-0.05, 0) is 73.1 Å². The van der Waals surface area contributed by atoms with Gasteiger partial charge in [0.2, 0.25) is 0 Å². The number of aromatic nitrogens is 1. The van der Waals surface area contributed by atoms with Crippen LogP contribution in [0, 0.1) is 0 Å². The highest BCUT2D eigenvalue weighted by atomic mass is 32.1. The SMILES string of the molecule is CCc1ccc(N2C(=O)/C(=C/c3ccc4c(ccn4[C@@H](C)C(=O)O)c3)C(=O)NC2=S)cc1. The molecule has 1 aliphatic heterocycles. The predicted octanol–water partition coefficient (Wildman–Crippen LogP) is 3.68. The number of carbonyl (C=O) groups excluding carboxylic acids is 2. The third-order valence-corrected chi connectivity index (χ3v) is 5.82. The number of aliphatic carboxylic acids is 1. The standard InChI is InChI=1S/C24H21N3O4S/c1-3-15-4-7-18(8-5-15)27-22(29)19(21(28)25-24(27)32)13-16-6-9-20-17(12-16)10-11-26(20)14(2)23(30)31/h4-14H,3H2,1-2H3,(H,30,31)(H,25,28,32)/b19-13+/t14-/m0/s1. The van der Waals surface area contributed by atoms with E-state index in [2.05, 4.69) is 5.32 Å². The van der Waals surface area contributed by atoms with Gasteiger partial charge in [0.15, 0.2) is 5.11 Å². The van der Waals surface area contributed by atoms with Crippen molar-refractivity contribution in [3.63, 3.8) is 0 Å². The molecule has 0 saturated carbocycles. The van der Waals surface area contributed by atoms with Crippen molar-refractivity contribution in [3.05, 3.63) is 71.4 Å². The number of hydrogen-bond acceptors (Lipinski definition) is 4. The Morgan fingerprint density at radius 3 is 2.53 bits per heavy atom. The van der Waals surface area contributed by atoms with E-state index in [-0.39, 0.29) is 10.7 Å². The van der Waals surface area contributed by atoms with Crippen LogP contribution >= 0.6 is 12.2 Å². The van der Waals surface area contributed by atoms with Crippen LogP contribution in [0.25, 0.3) is 17.0 Å². The van der Waals surface area contributed by atoms with Crippen molar-refractivity contribution >= 4 is 57.8 Å². The van der Waals surface area contributed by atoms with Gasteiger partial charge in [-0.1, -0.05) is 25.1 Å². The molecule has 3 aromatic rings. The van der Waals surface area contributed by atoms with Crippen molar-refractivity contribution in [3.8, 4) is 0 Å². The molecule has 1 aliphatic rings. The Bertz CT molecular complexity index is 1290. The van der Waals surface area contributed by atoms with Crippen LogP contribution < -0.4 is 10.2 Å². The summed E-state index contributed by atoms with van der Waals surface area (Å²) in [6.07, 6.45) is 4.10. The molecule has 162 valence electrons. The minimum Gasteiger partial charge on any atom is -0.480 e. The molecule has 32 heavy (non-hydrogen) atoms. The first-order valence-electron chi connectivity index (χ1n) is 10.1. The number of carboxylic acids is 1. The van der Waals surface area contributed by atoms with Crippen LogP contribution in [0.15, 0.2) is 60.3 Å². The second-order valence-electron chi connectivity index (χ2n) is 7.53. The van der Waals surface area contributed by atoms with Crippen molar-refractivity contribution in [1.29, 1.82) is 0 Å². The molecular formula is C24H21N3O4S. The van der Waals surface area contributed by atoms with E-state index in [1.54, 1.807) is 54.1 Å². The zero-order valence-electron chi connectivity index (χ0n) is 17.5. The second kappa shape index (κ2) is 8.39. The monoisotopic (exact) mass is 447 g/mol. The van der Waals surface area contributed by atoms with Crippen LogP contribution in [0.2, 0.25) is 0 Å². The van der Waals surface area contributed by atoms with Crippen molar-refractivity contribution < 1.29 is 19.5 Å². The summed E-state index contributed by atoms with van der Waals surface area (Å²) >= 11 is 5.25. The molecule has 2 aromatic carbocycles. The lowest BCUT2D eigenvalue weighted by molar-refractivity contribution is -0.140. The highest BCUT2D eigenvalue weighted by Crippen LogP contribution is 2.25. The van der Waals surface area contributed by atoms with Gasteiger partial charge in [-0.25, -0.2) is 4.79 Å². The smallest absolute Gasteiger partial charge is 0.326 e. The minimum atomic E-state index is -0.929. The van der Waals surface area contributed by atoms with Crippen molar-refractivity contribution in [2.24, 2.45) is 0 Å². The number of benzene rings is 2. The van der Waals surface area contributed by atoms with Gasteiger partial charge in [0.1, 0.15) is 11.6 Å². The molecule has 0 aliphatic carbocycles. The summed E-state index contributed by atoms with van der Waals surface area (Å²) in [7, 11) is 0. The van der Waals surface area contributed by atoms with E-state index in [1.165, 1.54) is 11.0 Å². The molecule has 1 aromatic heterocycles. The lowest BCUT2D eigenvalue weighted by atomic mass is 10.1. The molecule has 1 saturated heterocycles. The number of thiocarbonyl (C=S) groups is 1. The number of carboxylic acid groups (broad SMARTS) is 1. The molecule has 0 radical (unpaired) electrons. The summed E-state index contributed by atoms with van der Waals surface area (Å²) in [5, 5.41) is 12.7. The van der Waals surface area contributed by atoms with Crippen LogP contribution in [0.1, 0.15) is 31.0 Å². The van der Waals surface area contributed by atoms with Gasteiger partial charge in [0, 0.05) is 17.1 Å². The molecule has 4 rings (SSSR count). The number of hydrogen-bond donors (Lipinski definition) is 2. The molecule has 8 heteroatoms. The quantitative estimate of drug-likeness (QED) is 0.354. The Morgan fingerprint density at radius 1 is 1.16 bits per heavy atom. The topological polar surface area (TPSA) is 91.6 Å². The highest BCUT2D eigenvalue weighted by molar-refractivity contribution is 7.80. The van der Waals surface area contributed by atoms with E-state index in [9.17, 15) is 19.5 Å². The Hall–Kier alpha value is -3.78. The number of nitrogens with one attached hydrogen (secondary N) is 1. The average molecular weight is 448 g/mol. The average Bonchev–Trinajstić information content (AvgIpc) is 3.19. The molecular weight excluding hydrogens is 426 g/mol. The van der Waals surface area contributed by atoms with Crippen LogP contribution in [0.5, 0.6) is 0 Å². The molecule has 2 heterocycles. The maximum absolute atomic E-state index is 13.2.